The summed E-state index contributed by atoms with van der Waals surface area (Å²) in [5.41, 5.74) is 2.73. The van der Waals surface area contributed by atoms with Gasteiger partial charge in [0.25, 0.3) is 11.6 Å². The lowest BCUT2D eigenvalue weighted by Crippen LogP contribution is -2.47. The molecule has 10 heteroatoms. The highest BCUT2D eigenvalue weighted by atomic mass is 35.5. The third kappa shape index (κ3) is 4.44. The lowest BCUT2D eigenvalue weighted by atomic mass is 9.97. The first-order chi connectivity index (χ1) is 18.8. The minimum atomic E-state index is -0.640. The normalized spacial score (nSPS) is 15.8. The van der Waals surface area contributed by atoms with Crippen molar-refractivity contribution in [3.8, 4) is 5.69 Å². The van der Waals surface area contributed by atoms with E-state index in [1.165, 1.54) is 29.2 Å². The molecule has 1 aliphatic carbocycles. The molecule has 4 aromatic rings. The highest BCUT2D eigenvalue weighted by molar-refractivity contribution is 6.32. The Kier molecular flexibility index (Phi) is 6.15. The minimum absolute atomic E-state index is 0.0688. The molecule has 0 N–H and O–H groups in total. The Hall–Kier alpha value is -4.50. The molecule has 8 nitrogen and oxygen atoms in total. The summed E-state index contributed by atoms with van der Waals surface area (Å²) < 4.78 is 15.8. The molecule has 2 heterocycles. The second kappa shape index (κ2) is 9.67. The van der Waals surface area contributed by atoms with E-state index in [1.807, 2.05) is 47.2 Å². The smallest absolute Gasteiger partial charge is 0.288 e. The van der Waals surface area contributed by atoms with E-state index in [0.29, 0.717) is 5.69 Å². The number of hydrogen-bond donors (Lipinski definition) is 0. The van der Waals surface area contributed by atoms with Gasteiger partial charge in [-0.15, -0.1) is 0 Å². The number of amides is 2. The molecule has 6 rings (SSSR count). The zero-order valence-corrected chi connectivity index (χ0v) is 21.3. The molecule has 1 aromatic heterocycles. The zero-order chi connectivity index (χ0) is 27.3. The first kappa shape index (κ1) is 24.8. The Morgan fingerprint density at radius 2 is 1.72 bits per heavy atom. The van der Waals surface area contributed by atoms with Gasteiger partial charge >= 0.3 is 0 Å². The number of nitrogens with zero attached hydrogens (tertiary/aromatic N) is 4. The summed E-state index contributed by atoms with van der Waals surface area (Å²) in [6.45, 7) is -0.230. The number of hydrogen-bond acceptors (Lipinski definition) is 4. The molecule has 196 valence electrons. The quantitative estimate of drug-likeness (QED) is 0.223. The fourth-order valence-corrected chi connectivity index (χ4v) is 5.34. The number of para-hydroxylation sites is 2. The van der Waals surface area contributed by atoms with Gasteiger partial charge in [0.15, 0.2) is 0 Å². The van der Waals surface area contributed by atoms with Crippen LogP contribution in [0.2, 0.25) is 5.02 Å². The second-order valence-corrected chi connectivity index (χ2v) is 10.0. The number of anilines is 1. The van der Waals surface area contributed by atoms with Crippen molar-refractivity contribution < 1.29 is 18.9 Å². The number of carbonyl (C=O) groups excluding carboxylic acids is 2. The standard InChI is InChI=1S/C29H22ClFN4O4/c30-22-14-9-19(16-26(22)35(38)39)29(37)33(21-12-13-21)17-27(36)34-24-5-2-1-4-23(24)32-15-3-6-25(32)28(34)18-7-10-20(31)11-8-18/h1-11,14-16,21,28H,12-13,17H2/t28-/m1/s1. The van der Waals surface area contributed by atoms with Crippen molar-refractivity contribution in [1.82, 2.24) is 9.47 Å². The zero-order valence-electron chi connectivity index (χ0n) is 20.5. The van der Waals surface area contributed by atoms with Crippen molar-refractivity contribution in [2.45, 2.75) is 24.9 Å². The fraction of sp³-hybridized carbons (Fsp3) is 0.172. The monoisotopic (exact) mass is 544 g/mol. The highest BCUT2D eigenvalue weighted by Crippen LogP contribution is 2.42. The minimum Gasteiger partial charge on any atom is -0.326 e. The summed E-state index contributed by atoms with van der Waals surface area (Å²) in [6.07, 6.45) is 3.38. The van der Waals surface area contributed by atoms with Gasteiger partial charge in [0.2, 0.25) is 5.91 Å². The molecule has 1 aliphatic heterocycles. The SMILES string of the molecule is O=C(c1ccc(Cl)c([N+](=O)[O-])c1)N(CC(=O)N1c2ccccc2-n2cccc2[C@H]1c1ccc(F)cc1)C1CC1. The molecule has 0 unspecified atom stereocenters. The first-order valence-electron chi connectivity index (χ1n) is 12.4. The number of nitro groups is 1. The summed E-state index contributed by atoms with van der Waals surface area (Å²) in [5.74, 6) is -1.18. The van der Waals surface area contributed by atoms with Crippen LogP contribution in [0.15, 0.2) is 85.1 Å². The van der Waals surface area contributed by atoms with Gasteiger partial charge in [-0.1, -0.05) is 35.9 Å². The Morgan fingerprint density at radius 3 is 2.41 bits per heavy atom. The maximum Gasteiger partial charge on any atom is 0.288 e. The van der Waals surface area contributed by atoms with Crippen molar-refractivity contribution in [2.75, 3.05) is 11.4 Å². The van der Waals surface area contributed by atoms with Gasteiger partial charge < -0.3 is 9.47 Å². The molecular weight excluding hydrogens is 523 g/mol. The van der Waals surface area contributed by atoms with Crippen LogP contribution in [0, 0.1) is 15.9 Å². The molecule has 39 heavy (non-hydrogen) atoms. The largest absolute Gasteiger partial charge is 0.326 e. The van der Waals surface area contributed by atoms with E-state index in [-0.39, 0.29) is 40.6 Å². The molecule has 1 fully saturated rings. The van der Waals surface area contributed by atoms with Gasteiger partial charge in [0, 0.05) is 23.9 Å². The van der Waals surface area contributed by atoms with Gasteiger partial charge in [-0.3, -0.25) is 24.6 Å². The number of rotatable bonds is 6. The molecule has 0 saturated heterocycles. The molecule has 0 bridgehead atoms. The first-order valence-corrected chi connectivity index (χ1v) is 12.8. The van der Waals surface area contributed by atoms with E-state index in [1.54, 1.807) is 17.0 Å². The van der Waals surface area contributed by atoms with Gasteiger partial charge in [-0.05, 0) is 66.9 Å². The van der Waals surface area contributed by atoms with Crippen molar-refractivity contribution in [1.29, 1.82) is 0 Å². The molecular formula is C29H22ClFN4O4. The van der Waals surface area contributed by atoms with Crippen LogP contribution < -0.4 is 4.90 Å². The Bertz CT molecular complexity index is 1620. The summed E-state index contributed by atoms with van der Waals surface area (Å²) in [4.78, 5) is 41.6. The van der Waals surface area contributed by atoms with Gasteiger partial charge in [0.1, 0.15) is 23.4 Å². The van der Waals surface area contributed by atoms with E-state index in [2.05, 4.69) is 0 Å². The van der Waals surface area contributed by atoms with E-state index in [4.69, 9.17) is 11.6 Å². The third-order valence-corrected chi connectivity index (χ3v) is 7.44. The molecule has 1 saturated carbocycles. The van der Waals surface area contributed by atoms with Crippen LogP contribution in [0.1, 0.15) is 40.5 Å². The Morgan fingerprint density at radius 1 is 1.00 bits per heavy atom. The van der Waals surface area contributed by atoms with Crippen LogP contribution >= 0.6 is 11.6 Å². The van der Waals surface area contributed by atoms with Crippen LogP contribution in [-0.4, -0.2) is 38.8 Å². The predicted octanol–water partition coefficient (Wildman–Crippen LogP) is 5.92. The summed E-state index contributed by atoms with van der Waals surface area (Å²) in [5, 5.41) is 11.3. The second-order valence-electron chi connectivity index (χ2n) is 9.60. The fourth-order valence-electron chi connectivity index (χ4n) is 5.15. The lowest BCUT2D eigenvalue weighted by molar-refractivity contribution is -0.384. The van der Waals surface area contributed by atoms with Crippen LogP contribution in [-0.2, 0) is 4.79 Å². The summed E-state index contributed by atoms with van der Waals surface area (Å²) in [6, 6.07) is 20.5. The maximum atomic E-state index is 14.2. The van der Waals surface area contributed by atoms with Crippen LogP contribution in [0.4, 0.5) is 15.8 Å². The lowest BCUT2D eigenvalue weighted by Gasteiger charge is -2.39. The predicted molar refractivity (Wildman–Crippen MR) is 144 cm³/mol. The van der Waals surface area contributed by atoms with Crippen LogP contribution in [0.5, 0.6) is 0 Å². The topological polar surface area (TPSA) is 88.7 Å². The van der Waals surface area contributed by atoms with Crippen molar-refractivity contribution in [3.63, 3.8) is 0 Å². The number of benzene rings is 3. The summed E-state index contributed by atoms with van der Waals surface area (Å²) >= 11 is 5.95. The average molecular weight is 545 g/mol. The van der Waals surface area contributed by atoms with E-state index >= 15 is 0 Å². The number of carbonyl (C=O) groups is 2. The number of halogens is 2. The van der Waals surface area contributed by atoms with Crippen molar-refractivity contribution in [3.05, 3.63) is 123 Å². The molecule has 0 radical (unpaired) electrons. The number of fused-ring (bicyclic) bond motifs is 3. The van der Waals surface area contributed by atoms with E-state index < -0.39 is 16.9 Å². The van der Waals surface area contributed by atoms with Crippen molar-refractivity contribution in [2.24, 2.45) is 0 Å². The van der Waals surface area contributed by atoms with Crippen LogP contribution in [0.3, 0.4) is 0 Å². The van der Waals surface area contributed by atoms with Gasteiger partial charge in [-0.25, -0.2) is 4.39 Å². The maximum absolute atomic E-state index is 14.2. The molecule has 2 aliphatic rings. The summed E-state index contributed by atoms with van der Waals surface area (Å²) in [7, 11) is 0. The van der Waals surface area contributed by atoms with Gasteiger partial charge in [-0.2, -0.15) is 0 Å². The average Bonchev–Trinajstić information content (AvgIpc) is 3.66. The Labute approximate surface area is 228 Å². The van der Waals surface area contributed by atoms with Gasteiger partial charge in [0.05, 0.1) is 22.0 Å². The van der Waals surface area contributed by atoms with E-state index in [9.17, 15) is 24.1 Å². The molecule has 1 atom stereocenters. The van der Waals surface area contributed by atoms with E-state index in [0.717, 1.165) is 35.9 Å². The highest BCUT2D eigenvalue weighted by Gasteiger charge is 2.40. The van der Waals surface area contributed by atoms with Crippen LogP contribution in [0.25, 0.3) is 5.69 Å². The Balaban J connectivity index is 1.39. The third-order valence-electron chi connectivity index (χ3n) is 7.12. The molecule has 0 spiro atoms. The molecule has 3 aromatic carbocycles. The van der Waals surface area contributed by atoms with Crippen molar-refractivity contribution >= 4 is 34.8 Å². The number of aromatic nitrogens is 1. The molecule has 2 amide bonds. The number of nitro benzene ring substituents is 1.